The number of hydrogen-bond acceptors (Lipinski definition) is 2. The second-order valence-corrected chi connectivity index (χ2v) is 6.33. The van der Waals surface area contributed by atoms with E-state index < -0.39 is 0 Å². The molecule has 2 nitrogen and oxygen atoms in total. The molecule has 0 bridgehead atoms. The second kappa shape index (κ2) is 6.02. The van der Waals surface area contributed by atoms with Gasteiger partial charge in [0.25, 0.3) is 0 Å². The van der Waals surface area contributed by atoms with E-state index in [0.29, 0.717) is 12.6 Å². The minimum absolute atomic E-state index is 0.105. The molecule has 0 aromatic heterocycles. The number of hydrogen-bond donors (Lipinski definition) is 2. The maximum absolute atomic E-state index is 12.9. The SMILES string of the molecule is CC1CCC(NC(C)(CN)Cc2ccc(F)cc2)C1. The summed E-state index contributed by atoms with van der Waals surface area (Å²) in [7, 11) is 0. The Hall–Kier alpha value is -0.930. The molecule has 1 fully saturated rings. The van der Waals surface area contributed by atoms with Gasteiger partial charge in [0.15, 0.2) is 0 Å². The molecule has 1 saturated carbocycles. The average molecular weight is 264 g/mol. The molecule has 0 aliphatic heterocycles. The summed E-state index contributed by atoms with van der Waals surface area (Å²) in [5, 5.41) is 3.72. The molecule has 0 spiro atoms. The molecular formula is C16H25FN2. The summed E-state index contributed by atoms with van der Waals surface area (Å²) in [5.41, 5.74) is 6.99. The van der Waals surface area contributed by atoms with Gasteiger partial charge in [0, 0.05) is 18.1 Å². The van der Waals surface area contributed by atoms with Gasteiger partial charge in [-0.15, -0.1) is 0 Å². The summed E-state index contributed by atoms with van der Waals surface area (Å²) < 4.78 is 12.9. The minimum Gasteiger partial charge on any atom is -0.329 e. The highest BCUT2D eigenvalue weighted by Gasteiger charge is 2.29. The fourth-order valence-electron chi connectivity index (χ4n) is 3.07. The van der Waals surface area contributed by atoms with Gasteiger partial charge in [-0.3, -0.25) is 0 Å². The Balaban J connectivity index is 1.99. The van der Waals surface area contributed by atoms with Crippen LogP contribution in [0.4, 0.5) is 4.39 Å². The number of nitrogens with two attached hydrogens (primary N) is 1. The lowest BCUT2D eigenvalue weighted by atomic mass is 9.91. The van der Waals surface area contributed by atoms with E-state index in [2.05, 4.69) is 19.2 Å². The molecule has 0 amide bonds. The van der Waals surface area contributed by atoms with E-state index in [1.54, 1.807) is 0 Å². The standard InChI is InChI=1S/C16H25FN2/c1-12-3-8-15(9-12)19-16(2,11-18)10-13-4-6-14(17)7-5-13/h4-7,12,15,19H,3,8-11,18H2,1-2H3. The summed E-state index contributed by atoms with van der Waals surface area (Å²) in [6, 6.07) is 7.31. The third-order valence-electron chi connectivity index (χ3n) is 4.21. The zero-order valence-corrected chi connectivity index (χ0v) is 12.0. The van der Waals surface area contributed by atoms with Crippen molar-refractivity contribution in [3.05, 3.63) is 35.6 Å². The molecular weight excluding hydrogens is 239 g/mol. The van der Waals surface area contributed by atoms with Crippen LogP contribution < -0.4 is 11.1 Å². The Kier molecular flexibility index (Phi) is 4.58. The molecule has 3 atom stereocenters. The largest absolute Gasteiger partial charge is 0.329 e. The summed E-state index contributed by atoms with van der Waals surface area (Å²) in [6.07, 6.45) is 4.61. The molecule has 3 unspecified atom stereocenters. The van der Waals surface area contributed by atoms with Gasteiger partial charge in [-0.2, -0.15) is 0 Å². The van der Waals surface area contributed by atoms with Crippen LogP contribution in [0.1, 0.15) is 38.7 Å². The van der Waals surface area contributed by atoms with E-state index in [1.165, 1.54) is 31.4 Å². The van der Waals surface area contributed by atoms with E-state index in [0.717, 1.165) is 17.9 Å². The van der Waals surface area contributed by atoms with Crippen molar-refractivity contribution in [3.63, 3.8) is 0 Å². The Morgan fingerprint density at radius 1 is 1.32 bits per heavy atom. The van der Waals surface area contributed by atoms with Gasteiger partial charge in [-0.1, -0.05) is 19.1 Å². The first-order chi connectivity index (χ1) is 9.00. The molecule has 0 saturated heterocycles. The lowest BCUT2D eigenvalue weighted by Crippen LogP contribution is -2.54. The molecule has 0 radical (unpaired) electrons. The molecule has 0 heterocycles. The van der Waals surface area contributed by atoms with Crippen LogP contribution in [-0.2, 0) is 6.42 Å². The Morgan fingerprint density at radius 3 is 2.53 bits per heavy atom. The molecule has 19 heavy (non-hydrogen) atoms. The van der Waals surface area contributed by atoms with Crippen LogP contribution in [0.5, 0.6) is 0 Å². The van der Waals surface area contributed by atoms with Crippen LogP contribution in [-0.4, -0.2) is 18.1 Å². The number of rotatable bonds is 5. The number of benzene rings is 1. The van der Waals surface area contributed by atoms with E-state index in [4.69, 9.17) is 5.73 Å². The third kappa shape index (κ3) is 4.02. The maximum atomic E-state index is 12.9. The minimum atomic E-state index is -0.184. The van der Waals surface area contributed by atoms with Gasteiger partial charge in [-0.25, -0.2) is 4.39 Å². The van der Waals surface area contributed by atoms with Gasteiger partial charge < -0.3 is 11.1 Å². The van der Waals surface area contributed by atoms with Crippen molar-refractivity contribution in [1.82, 2.24) is 5.32 Å². The fraction of sp³-hybridized carbons (Fsp3) is 0.625. The average Bonchev–Trinajstić information content (AvgIpc) is 2.77. The summed E-state index contributed by atoms with van der Waals surface area (Å²) in [4.78, 5) is 0. The Bertz CT molecular complexity index is 404. The normalized spacial score (nSPS) is 26.3. The van der Waals surface area contributed by atoms with E-state index in [-0.39, 0.29) is 11.4 Å². The van der Waals surface area contributed by atoms with Crippen molar-refractivity contribution in [2.45, 2.75) is 51.1 Å². The molecule has 1 aliphatic rings. The van der Waals surface area contributed by atoms with Crippen molar-refractivity contribution >= 4 is 0 Å². The van der Waals surface area contributed by atoms with Crippen LogP contribution in [0.3, 0.4) is 0 Å². The molecule has 2 rings (SSSR count). The van der Waals surface area contributed by atoms with Crippen molar-refractivity contribution in [2.75, 3.05) is 6.54 Å². The summed E-state index contributed by atoms with van der Waals surface area (Å²) in [5.74, 6) is 0.626. The third-order valence-corrected chi connectivity index (χ3v) is 4.21. The fourth-order valence-corrected chi connectivity index (χ4v) is 3.07. The Labute approximate surface area is 115 Å². The first-order valence-electron chi connectivity index (χ1n) is 7.23. The van der Waals surface area contributed by atoms with Crippen LogP contribution in [0.15, 0.2) is 24.3 Å². The highest BCUT2D eigenvalue weighted by atomic mass is 19.1. The molecule has 3 N–H and O–H groups in total. The van der Waals surface area contributed by atoms with Crippen molar-refractivity contribution < 1.29 is 4.39 Å². The predicted molar refractivity (Wildman–Crippen MR) is 77.5 cm³/mol. The first kappa shape index (κ1) is 14.5. The van der Waals surface area contributed by atoms with Gasteiger partial charge >= 0.3 is 0 Å². The van der Waals surface area contributed by atoms with Crippen molar-refractivity contribution in [3.8, 4) is 0 Å². The van der Waals surface area contributed by atoms with Crippen LogP contribution in [0.2, 0.25) is 0 Å². The first-order valence-corrected chi connectivity index (χ1v) is 7.23. The van der Waals surface area contributed by atoms with Crippen LogP contribution >= 0.6 is 0 Å². The van der Waals surface area contributed by atoms with Crippen molar-refractivity contribution in [1.29, 1.82) is 0 Å². The zero-order valence-electron chi connectivity index (χ0n) is 12.0. The highest BCUT2D eigenvalue weighted by Crippen LogP contribution is 2.27. The van der Waals surface area contributed by atoms with Gasteiger partial charge in [0.2, 0.25) is 0 Å². The van der Waals surface area contributed by atoms with Crippen LogP contribution in [0, 0.1) is 11.7 Å². The van der Waals surface area contributed by atoms with E-state index in [9.17, 15) is 4.39 Å². The van der Waals surface area contributed by atoms with Gasteiger partial charge in [0.1, 0.15) is 5.82 Å². The van der Waals surface area contributed by atoms with Crippen molar-refractivity contribution in [2.24, 2.45) is 11.7 Å². The van der Waals surface area contributed by atoms with E-state index >= 15 is 0 Å². The predicted octanol–water partition coefficient (Wildman–Crippen LogP) is 2.86. The lowest BCUT2D eigenvalue weighted by Gasteiger charge is -2.33. The monoisotopic (exact) mass is 264 g/mol. The second-order valence-electron chi connectivity index (χ2n) is 6.33. The zero-order chi connectivity index (χ0) is 13.9. The molecule has 1 aromatic carbocycles. The molecule has 3 heteroatoms. The van der Waals surface area contributed by atoms with Crippen LogP contribution in [0.25, 0.3) is 0 Å². The summed E-state index contributed by atoms with van der Waals surface area (Å²) in [6.45, 7) is 5.07. The maximum Gasteiger partial charge on any atom is 0.123 e. The highest BCUT2D eigenvalue weighted by molar-refractivity contribution is 5.19. The Morgan fingerprint density at radius 2 is 2.00 bits per heavy atom. The molecule has 106 valence electrons. The smallest absolute Gasteiger partial charge is 0.123 e. The van der Waals surface area contributed by atoms with Gasteiger partial charge in [-0.05, 0) is 56.2 Å². The lowest BCUT2D eigenvalue weighted by molar-refractivity contribution is 0.310. The summed E-state index contributed by atoms with van der Waals surface area (Å²) >= 11 is 0. The van der Waals surface area contributed by atoms with Gasteiger partial charge in [0.05, 0.1) is 0 Å². The number of nitrogens with one attached hydrogen (secondary N) is 1. The number of halogens is 1. The topological polar surface area (TPSA) is 38.0 Å². The molecule has 1 aromatic rings. The van der Waals surface area contributed by atoms with E-state index in [1.807, 2.05) is 12.1 Å². The molecule has 1 aliphatic carbocycles. The quantitative estimate of drug-likeness (QED) is 0.858.